The molecule has 1 aromatic carbocycles. The van der Waals surface area contributed by atoms with Crippen LogP contribution in [-0.4, -0.2) is 18.9 Å². The van der Waals surface area contributed by atoms with Crippen molar-refractivity contribution in [2.75, 3.05) is 13.1 Å². The first kappa shape index (κ1) is 14.0. The Morgan fingerprint density at radius 3 is 2.53 bits per heavy atom. The van der Waals surface area contributed by atoms with Gasteiger partial charge >= 0.3 is 6.18 Å². The van der Waals surface area contributed by atoms with Gasteiger partial charge in [-0.05, 0) is 30.7 Å². The fourth-order valence-electron chi connectivity index (χ4n) is 2.27. The first-order chi connectivity index (χ1) is 8.80. The second-order valence-electron chi connectivity index (χ2n) is 4.80. The fraction of sp³-hybridized carbons (Fsp3) is 0.462. The number of carbonyl (C=O) groups is 1. The number of rotatable bonds is 2. The van der Waals surface area contributed by atoms with Crippen molar-refractivity contribution >= 4 is 5.78 Å². The lowest BCUT2D eigenvalue weighted by Crippen LogP contribution is -2.22. The SMILES string of the molecule is CC1CNCC1C(=O)c1ccc(F)c(C(F)(F)F)c1. The molecule has 1 aliphatic heterocycles. The molecule has 1 fully saturated rings. The number of ketones is 1. The lowest BCUT2D eigenvalue weighted by atomic mass is 9.89. The summed E-state index contributed by atoms with van der Waals surface area (Å²) in [7, 11) is 0. The van der Waals surface area contributed by atoms with Gasteiger partial charge < -0.3 is 5.32 Å². The van der Waals surface area contributed by atoms with E-state index in [9.17, 15) is 22.4 Å². The molecule has 1 aromatic rings. The van der Waals surface area contributed by atoms with E-state index >= 15 is 0 Å². The second-order valence-corrected chi connectivity index (χ2v) is 4.80. The Kier molecular flexibility index (Phi) is 3.62. The Labute approximate surface area is 107 Å². The van der Waals surface area contributed by atoms with Crippen LogP contribution in [0.2, 0.25) is 0 Å². The average molecular weight is 275 g/mol. The van der Waals surface area contributed by atoms with Crippen molar-refractivity contribution in [1.29, 1.82) is 0 Å². The van der Waals surface area contributed by atoms with Crippen LogP contribution in [0.15, 0.2) is 18.2 Å². The van der Waals surface area contributed by atoms with E-state index in [0.29, 0.717) is 25.2 Å². The van der Waals surface area contributed by atoms with Crippen LogP contribution in [0.25, 0.3) is 0 Å². The zero-order valence-electron chi connectivity index (χ0n) is 10.2. The molecule has 104 valence electrons. The molecule has 0 bridgehead atoms. The maximum absolute atomic E-state index is 13.1. The molecule has 19 heavy (non-hydrogen) atoms. The highest BCUT2D eigenvalue weighted by Crippen LogP contribution is 2.32. The molecule has 2 rings (SSSR count). The van der Waals surface area contributed by atoms with Gasteiger partial charge in [0.1, 0.15) is 5.82 Å². The van der Waals surface area contributed by atoms with Gasteiger partial charge in [0.15, 0.2) is 5.78 Å². The van der Waals surface area contributed by atoms with Crippen LogP contribution in [0.1, 0.15) is 22.8 Å². The summed E-state index contributed by atoms with van der Waals surface area (Å²) in [6.07, 6.45) is -4.79. The Balaban J connectivity index is 2.33. The molecule has 0 amide bonds. The Bertz CT molecular complexity index is 498. The highest BCUT2D eigenvalue weighted by atomic mass is 19.4. The van der Waals surface area contributed by atoms with E-state index in [1.165, 1.54) is 0 Å². The number of hydrogen-bond acceptors (Lipinski definition) is 2. The van der Waals surface area contributed by atoms with Gasteiger partial charge in [-0.3, -0.25) is 4.79 Å². The zero-order valence-corrected chi connectivity index (χ0v) is 10.2. The summed E-state index contributed by atoms with van der Waals surface area (Å²) < 4.78 is 50.9. The molecule has 0 spiro atoms. The molecule has 1 aliphatic rings. The third kappa shape index (κ3) is 2.78. The van der Waals surface area contributed by atoms with Gasteiger partial charge in [-0.15, -0.1) is 0 Å². The van der Waals surface area contributed by atoms with Crippen molar-refractivity contribution in [3.05, 3.63) is 35.1 Å². The van der Waals surface area contributed by atoms with Crippen LogP contribution in [0.4, 0.5) is 17.6 Å². The summed E-state index contributed by atoms with van der Waals surface area (Å²) in [4.78, 5) is 12.1. The first-order valence-electron chi connectivity index (χ1n) is 5.92. The molecular formula is C13H13F4NO. The van der Waals surface area contributed by atoms with Crippen molar-refractivity contribution in [1.82, 2.24) is 5.32 Å². The van der Waals surface area contributed by atoms with Gasteiger partial charge in [0.2, 0.25) is 0 Å². The molecule has 0 aliphatic carbocycles. The minimum Gasteiger partial charge on any atom is -0.316 e. The molecule has 6 heteroatoms. The van der Waals surface area contributed by atoms with Crippen LogP contribution in [0.5, 0.6) is 0 Å². The van der Waals surface area contributed by atoms with Crippen molar-refractivity contribution in [3.63, 3.8) is 0 Å². The molecule has 0 radical (unpaired) electrons. The summed E-state index contributed by atoms with van der Waals surface area (Å²) >= 11 is 0. The third-order valence-electron chi connectivity index (χ3n) is 3.41. The molecular weight excluding hydrogens is 262 g/mol. The highest BCUT2D eigenvalue weighted by Gasteiger charge is 2.36. The Morgan fingerprint density at radius 2 is 2.00 bits per heavy atom. The van der Waals surface area contributed by atoms with Crippen LogP contribution >= 0.6 is 0 Å². The first-order valence-corrected chi connectivity index (χ1v) is 5.92. The minimum atomic E-state index is -4.79. The monoisotopic (exact) mass is 275 g/mol. The van der Waals surface area contributed by atoms with Gasteiger partial charge in [-0.25, -0.2) is 4.39 Å². The smallest absolute Gasteiger partial charge is 0.316 e. The van der Waals surface area contributed by atoms with Crippen LogP contribution < -0.4 is 5.32 Å². The van der Waals surface area contributed by atoms with Gasteiger partial charge in [-0.1, -0.05) is 6.92 Å². The number of benzene rings is 1. The molecule has 2 atom stereocenters. The second kappa shape index (κ2) is 4.92. The summed E-state index contributed by atoms with van der Waals surface area (Å²) in [5.41, 5.74) is -1.48. The summed E-state index contributed by atoms with van der Waals surface area (Å²) in [6, 6.07) is 2.41. The largest absolute Gasteiger partial charge is 0.419 e. The quantitative estimate of drug-likeness (QED) is 0.664. The summed E-state index contributed by atoms with van der Waals surface area (Å²) in [5.74, 6) is -2.02. The van der Waals surface area contributed by atoms with Crippen LogP contribution in [0.3, 0.4) is 0 Å². The fourth-order valence-corrected chi connectivity index (χ4v) is 2.27. The van der Waals surface area contributed by atoms with E-state index in [2.05, 4.69) is 5.32 Å². The number of nitrogens with one attached hydrogen (secondary N) is 1. The van der Waals surface area contributed by atoms with Gasteiger partial charge in [0, 0.05) is 18.0 Å². The lowest BCUT2D eigenvalue weighted by Gasteiger charge is -2.14. The van der Waals surface area contributed by atoms with Gasteiger partial charge in [0.05, 0.1) is 5.56 Å². The van der Waals surface area contributed by atoms with Gasteiger partial charge in [0.25, 0.3) is 0 Å². The molecule has 0 saturated carbocycles. The Morgan fingerprint density at radius 1 is 1.32 bits per heavy atom. The van der Waals surface area contributed by atoms with E-state index in [1.54, 1.807) is 0 Å². The van der Waals surface area contributed by atoms with Crippen LogP contribution in [0, 0.1) is 17.7 Å². The maximum atomic E-state index is 13.1. The minimum absolute atomic E-state index is 0.0619. The van der Waals surface area contributed by atoms with Crippen molar-refractivity contribution in [3.8, 4) is 0 Å². The van der Waals surface area contributed by atoms with E-state index in [4.69, 9.17) is 0 Å². The normalized spacial score (nSPS) is 23.6. The number of carbonyl (C=O) groups excluding carboxylic acids is 1. The van der Waals surface area contributed by atoms with Crippen molar-refractivity contribution < 1.29 is 22.4 Å². The Hall–Kier alpha value is -1.43. The topological polar surface area (TPSA) is 29.1 Å². The number of hydrogen-bond donors (Lipinski definition) is 1. The van der Waals surface area contributed by atoms with Crippen LogP contribution in [-0.2, 0) is 6.18 Å². The summed E-state index contributed by atoms with van der Waals surface area (Å²) in [6.45, 7) is 2.96. The van der Waals surface area contributed by atoms with Crippen molar-refractivity contribution in [2.24, 2.45) is 11.8 Å². The highest BCUT2D eigenvalue weighted by molar-refractivity contribution is 5.98. The molecule has 2 nitrogen and oxygen atoms in total. The predicted octanol–water partition coefficient (Wildman–Crippen LogP) is 2.88. The zero-order chi connectivity index (χ0) is 14.2. The van der Waals surface area contributed by atoms with E-state index < -0.39 is 17.6 Å². The molecule has 2 unspecified atom stereocenters. The van der Waals surface area contributed by atoms with E-state index in [1.807, 2.05) is 6.92 Å². The number of Topliss-reactive ketones (excluding diaryl/α,β-unsaturated/α-hetero) is 1. The number of alkyl halides is 3. The molecule has 1 N–H and O–H groups in total. The van der Waals surface area contributed by atoms with Crippen molar-refractivity contribution in [2.45, 2.75) is 13.1 Å². The number of halogens is 4. The standard InChI is InChI=1S/C13H13F4NO/c1-7-5-18-6-9(7)12(19)8-2-3-11(14)10(4-8)13(15,16)17/h2-4,7,9,18H,5-6H2,1H3. The lowest BCUT2D eigenvalue weighted by molar-refractivity contribution is -0.140. The average Bonchev–Trinajstić information content (AvgIpc) is 2.73. The summed E-state index contributed by atoms with van der Waals surface area (Å²) in [5, 5.41) is 3.01. The maximum Gasteiger partial charge on any atom is 0.419 e. The molecule has 1 saturated heterocycles. The molecule has 0 aromatic heterocycles. The third-order valence-corrected chi connectivity index (χ3v) is 3.41. The van der Waals surface area contributed by atoms with E-state index in [0.717, 1.165) is 6.07 Å². The predicted molar refractivity (Wildman–Crippen MR) is 61.3 cm³/mol. The van der Waals surface area contributed by atoms with Gasteiger partial charge in [-0.2, -0.15) is 13.2 Å². The van der Waals surface area contributed by atoms with E-state index in [-0.39, 0.29) is 23.2 Å². The molecule has 1 heterocycles.